The van der Waals surface area contributed by atoms with Crippen LogP contribution >= 0.6 is 0 Å². The molecule has 0 aromatic heterocycles. The average Bonchev–Trinajstić information content (AvgIpc) is 0. The molecule has 0 aliphatic rings. The summed E-state index contributed by atoms with van der Waals surface area (Å²) in [5, 5.41) is 0. The fraction of sp³-hybridized carbons (Fsp3) is 0. The van der Waals surface area contributed by atoms with Crippen LogP contribution in [0.15, 0.2) is 0 Å². The van der Waals surface area contributed by atoms with Crippen LogP contribution < -0.4 is 14.1 Å². The third kappa shape index (κ3) is 21.1. The second-order valence-corrected chi connectivity index (χ2v) is 0. The molecule has 32 valence electrons. The summed E-state index contributed by atoms with van der Waals surface area (Å²) in [6.45, 7) is 0. The first-order valence-corrected chi connectivity index (χ1v) is 0. The molecule has 0 atom stereocenters. The number of hydrogen-bond donors (Lipinski definition) is 0. The van der Waals surface area contributed by atoms with Gasteiger partial charge >= 0.3 is 22.4 Å². The summed E-state index contributed by atoms with van der Waals surface area (Å²) in [5.74, 6) is 0. The van der Waals surface area contributed by atoms with Crippen molar-refractivity contribution in [1.82, 2.24) is 0 Å². The van der Waals surface area contributed by atoms with Gasteiger partial charge in [-0.1, -0.05) is 0 Å². The minimum Gasteiger partial charge on any atom is -1.00 e. The van der Waals surface area contributed by atoms with Crippen LogP contribution in [0.3, 0.4) is 0 Å². The third-order valence-electron chi connectivity index (χ3n) is 0. The van der Waals surface area contributed by atoms with Gasteiger partial charge in [0.1, 0.15) is 0 Å². The molecule has 0 rings (SSSR count). The van der Waals surface area contributed by atoms with Crippen molar-refractivity contribution in [3.8, 4) is 0 Å². The summed E-state index contributed by atoms with van der Waals surface area (Å²) >= 11 is 0. The molecular weight excluding hydrogens is 254 g/mol. The van der Waals surface area contributed by atoms with Gasteiger partial charge in [0, 0.05) is 0 Å². The van der Waals surface area contributed by atoms with Gasteiger partial charge in [0.05, 0.1) is 0 Å². The van der Waals surface area contributed by atoms with Gasteiger partial charge in [-0.15, -0.1) is 0 Å². The molecule has 0 aromatic rings. The second kappa shape index (κ2) is 80.4. The maximum atomic E-state index is 0. The van der Waals surface area contributed by atoms with Crippen molar-refractivity contribution in [2.24, 2.45) is 0 Å². The van der Waals surface area contributed by atoms with E-state index in [0.717, 1.165) is 0 Å². The summed E-state index contributed by atoms with van der Waals surface area (Å²) in [4.78, 5) is 0. The minimum atomic E-state index is 0. The number of hydrogen-bond acceptors (Lipinski definition) is 0. The van der Waals surface area contributed by atoms with Crippen LogP contribution in [0, 0.1) is 0 Å². The molecule has 0 heterocycles. The van der Waals surface area contributed by atoms with Crippen LogP contribution in [0.5, 0.6) is 0 Å². The molecule has 0 fully saturated rings. The van der Waals surface area contributed by atoms with Gasteiger partial charge in [0.15, 0.2) is 0 Å². The van der Waals surface area contributed by atoms with Crippen LogP contribution in [-0.4, -0.2) is 0 Å². The molecule has 4 heteroatoms. The molecule has 0 bridgehead atoms. The van der Waals surface area contributed by atoms with Crippen molar-refractivity contribution in [3.63, 3.8) is 0 Å². The van der Waals surface area contributed by atoms with Gasteiger partial charge < -0.3 is 14.1 Å². The normalized spacial score (nSPS) is 0. The molecule has 0 spiro atoms. The Hall–Kier alpha value is 0.530. The van der Waals surface area contributed by atoms with Crippen LogP contribution in [0.2, 0.25) is 0 Å². The van der Waals surface area contributed by atoms with Crippen molar-refractivity contribution >= 4 is 0 Å². The third-order valence-corrected chi connectivity index (χ3v) is 0. The summed E-state index contributed by atoms with van der Waals surface area (Å²) < 4.78 is 0. The molecule has 0 aliphatic heterocycles. The Morgan fingerprint density at radius 1 is 0.500 bits per heavy atom. The first-order chi connectivity index (χ1) is 0. The van der Waals surface area contributed by atoms with Gasteiger partial charge in [-0.05, 0) is 0 Å². The van der Waals surface area contributed by atoms with E-state index in [0.29, 0.717) is 0 Å². The minimum absolute atomic E-state index is 0. The zero-order valence-corrected chi connectivity index (χ0v) is 3.60. The molecule has 0 amide bonds. The van der Waals surface area contributed by atoms with Crippen LogP contribution in [0.25, 0.3) is 0 Å². The maximum Gasteiger partial charge on any atom is 3.00 e. The SMILES string of the molecule is [Au+3].[F-].[F-].[F-]. The molecule has 4 heavy (non-hydrogen) atoms. The Morgan fingerprint density at radius 3 is 0.500 bits per heavy atom. The van der Waals surface area contributed by atoms with Crippen molar-refractivity contribution in [2.75, 3.05) is 0 Å². The van der Waals surface area contributed by atoms with Gasteiger partial charge in [0.2, 0.25) is 0 Å². The zero-order valence-electron chi connectivity index (χ0n) is 1.44. The van der Waals surface area contributed by atoms with Crippen LogP contribution in [0.4, 0.5) is 0 Å². The Bertz CT molecular complexity index is 3.25. The smallest absolute Gasteiger partial charge is 1.00 e. The fourth-order valence-electron chi connectivity index (χ4n) is 0. The largest absolute Gasteiger partial charge is 3.00 e. The molecule has 0 nitrogen and oxygen atoms in total. The first-order valence-electron chi connectivity index (χ1n) is 0. The van der Waals surface area contributed by atoms with Gasteiger partial charge in [-0.2, -0.15) is 0 Å². The predicted octanol–water partition coefficient (Wildman–Crippen LogP) is -8.99. The molecule has 0 radical (unpaired) electrons. The quantitative estimate of drug-likeness (QED) is 0.377. The summed E-state index contributed by atoms with van der Waals surface area (Å²) in [6, 6.07) is 0. The molecule has 0 saturated carbocycles. The average molecular weight is 254 g/mol. The number of rotatable bonds is 0. The summed E-state index contributed by atoms with van der Waals surface area (Å²) in [7, 11) is 0. The molecular formula is AuF3. The van der Waals surface area contributed by atoms with Crippen molar-refractivity contribution < 1.29 is 36.5 Å². The van der Waals surface area contributed by atoms with E-state index in [1.165, 1.54) is 0 Å². The predicted molar refractivity (Wildman–Crippen MR) is 0 cm³/mol. The van der Waals surface area contributed by atoms with E-state index < -0.39 is 0 Å². The Labute approximate surface area is 37.2 Å². The monoisotopic (exact) mass is 254 g/mol. The summed E-state index contributed by atoms with van der Waals surface area (Å²) in [5.41, 5.74) is 0. The van der Waals surface area contributed by atoms with E-state index in [9.17, 15) is 0 Å². The number of halogens is 3. The summed E-state index contributed by atoms with van der Waals surface area (Å²) in [6.07, 6.45) is 0. The second-order valence-electron chi connectivity index (χ2n) is 0. The van der Waals surface area contributed by atoms with E-state index in [1.54, 1.807) is 0 Å². The Balaban J connectivity index is 0. The Morgan fingerprint density at radius 2 is 0.500 bits per heavy atom. The topological polar surface area (TPSA) is 0 Å². The first kappa shape index (κ1) is 201. The molecule has 0 saturated heterocycles. The fourth-order valence-corrected chi connectivity index (χ4v) is 0. The van der Waals surface area contributed by atoms with E-state index in [1.807, 2.05) is 0 Å². The maximum absolute atomic E-state index is 0. The standard InChI is InChI=1S/Au.3FH/h;3*1H/q+3;;;/p-3. The Kier molecular flexibility index (Phi) is 4040. The van der Waals surface area contributed by atoms with E-state index in [-0.39, 0.29) is 36.5 Å². The van der Waals surface area contributed by atoms with Gasteiger partial charge in [-0.25, -0.2) is 0 Å². The van der Waals surface area contributed by atoms with E-state index >= 15 is 0 Å². The zero-order chi connectivity index (χ0) is 0. The van der Waals surface area contributed by atoms with Crippen LogP contribution in [0.1, 0.15) is 0 Å². The van der Waals surface area contributed by atoms with Crippen LogP contribution in [-0.2, 0) is 22.4 Å². The molecule has 0 unspecified atom stereocenters. The molecule has 0 N–H and O–H groups in total. The van der Waals surface area contributed by atoms with E-state index in [2.05, 4.69) is 0 Å². The van der Waals surface area contributed by atoms with Crippen molar-refractivity contribution in [1.29, 1.82) is 0 Å². The van der Waals surface area contributed by atoms with Gasteiger partial charge in [-0.3, -0.25) is 0 Å². The van der Waals surface area contributed by atoms with Crippen molar-refractivity contribution in [3.05, 3.63) is 0 Å². The molecule has 0 aromatic carbocycles. The molecule has 0 aliphatic carbocycles. The van der Waals surface area contributed by atoms with Crippen molar-refractivity contribution in [2.45, 2.75) is 0 Å². The van der Waals surface area contributed by atoms with Gasteiger partial charge in [0.25, 0.3) is 0 Å². The van der Waals surface area contributed by atoms with E-state index in [4.69, 9.17) is 0 Å².